The maximum Gasteiger partial charge on any atom is 0.146 e. The molecule has 0 spiro atoms. The van der Waals surface area contributed by atoms with E-state index in [4.69, 9.17) is 17.4 Å². The molecule has 1 unspecified atom stereocenters. The zero-order valence-electron chi connectivity index (χ0n) is 12.3. The predicted molar refractivity (Wildman–Crippen MR) is 80.0 cm³/mol. The average Bonchev–Trinajstić information content (AvgIpc) is 2.27. The van der Waals surface area contributed by atoms with Crippen LogP contribution in [0.15, 0.2) is 16.3 Å². The Balaban J connectivity index is 2.10. The van der Waals surface area contributed by atoms with E-state index in [-0.39, 0.29) is 17.7 Å². The number of hydrazine groups is 1. The predicted octanol–water partition coefficient (Wildman–Crippen LogP) is 1.46. The Morgan fingerprint density at radius 2 is 2.15 bits per heavy atom. The van der Waals surface area contributed by atoms with Crippen molar-refractivity contribution < 1.29 is 4.39 Å². The number of piperidine rings is 1. The van der Waals surface area contributed by atoms with Gasteiger partial charge in [0, 0.05) is 23.3 Å². The molecule has 0 aliphatic carbocycles. The van der Waals surface area contributed by atoms with E-state index in [1.807, 2.05) is 13.8 Å². The molecule has 2 aliphatic rings. The van der Waals surface area contributed by atoms with Gasteiger partial charge < -0.3 is 5.32 Å². The summed E-state index contributed by atoms with van der Waals surface area (Å²) < 4.78 is 14.7. The molecule has 2 rings (SSSR count). The van der Waals surface area contributed by atoms with Crippen LogP contribution in [0.5, 0.6) is 0 Å². The van der Waals surface area contributed by atoms with Crippen LogP contribution in [-0.4, -0.2) is 40.7 Å². The van der Waals surface area contributed by atoms with Crippen LogP contribution in [0.25, 0.3) is 0 Å². The first-order chi connectivity index (χ1) is 9.11. The Bertz CT molecular complexity index is 434. The van der Waals surface area contributed by atoms with Crippen LogP contribution in [0.4, 0.5) is 4.39 Å². The second-order valence-electron chi connectivity index (χ2n) is 6.73. The van der Waals surface area contributed by atoms with Gasteiger partial charge in [0.25, 0.3) is 0 Å². The van der Waals surface area contributed by atoms with Gasteiger partial charge in [-0.05, 0) is 34.1 Å². The summed E-state index contributed by atoms with van der Waals surface area (Å²) in [6.45, 7) is 7.89. The van der Waals surface area contributed by atoms with E-state index in [2.05, 4.69) is 29.5 Å². The third-order valence-electron chi connectivity index (χ3n) is 3.73. The van der Waals surface area contributed by atoms with Gasteiger partial charge in [0.1, 0.15) is 17.5 Å². The minimum absolute atomic E-state index is 0.150. The molecule has 0 bridgehead atoms. The molecule has 0 aromatic rings. The fourth-order valence-electron chi connectivity index (χ4n) is 3.10. The highest BCUT2D eigenvalue weighted by molar-refractivity contribution is 6.29. The molecule has 114 valence electrons. The van der Waals surface area contributed by atoms with Crippen molar-refractivity contribution in [2.45, 2.75) is 63.6 Å². The van der Waals surface area contributed by atoms with E-state index in [0.717, 1.165) is 0 Å². The van der Waals surface area contributed by atoms with E-state index < -0.39 is 11.7 Å². The van der Waals surface area contributed by atoms with Crippen LogP contribution in [0.1, 0.15) is 34.1 Å². The van der Waals surface area contributed by atoms with Crippen molar-refractivity contribution in [1.82, 2.24) is 15.6 Å². The molecule has 5 nitrogen and oxygen atoms in total. The molecule has 1 fully saturated rings. The summed E-state index contributed by atoms with van der Waals surface area (Å²) >= 11 is 5.77. The highest BCUT2D eigenvalue weighted by Gasteiger charge is 2.46. The van der Waals surface area contributed by atoms with Gasteiger partial charge in [0.2, 0.25) is 0 Å². The van der Waals surface area contributed by atoms with E-state index in [1.165, 1.54) is 11.2 Å². The smallest absolute Gasteiger partial charge is 0.146 e. The van der Waals surface area contributed by atoms with Crippen molar-refractivity contribution in [3.8, 4) is 0 Å². The Labute approximate surface area is 124 Å². The average molecular weight is 304 g/mol. The number of halogens is 2. The van der Waals surface area contributed by atoms with Crippen molar-refractivity contribution in [2.24, 2.45) is 10.8 Å². The lowest BCUT2D eigenvalue weighted by atomic mass is 9.78. The van der Waals surface area contributed by atoms with Crippen molar-refractivity contribution >= 4 is 17.8 Å². The Morgan fingerprint density at radius 1 is 1.50 bits per heavy atom. The highest BCUT2D eigenvalue weighted by atomic mass is 35.5. The lowest BCUT2D eigenvalue weighted by Gasteiger charge is -2.49. The van der Waals surface area contributed by atoms with Crippen LogP contribution in [0.3, 0.4) is 0 Å². The van der Waals surface area contributed by atoms with Gasteiger partial charge in [0.15, 0.2) is 0 Å². The largest absolute Gasteiger partial charge is 0.304 e. The van der Waals surface area contributed by atoms with Gasteiger partial charge in [0.05, 0.1) is 6.20 Å². The Kier molecular flexibility index (Phi) is 4.12. The van der Waals surface area contributed by atoms with Crippen LogP contribution < -0.4 is 16.5 Å². The molecule has 1 saturated heterocycles. The number of rotatable bonds is 2. The molecule has 20 heavy (non-hydrogen) atoms. The SMILES string of the molecule is CC1(C)C[C@H](NC2C=NC(Cl)=CN2N)[C@H](F)C(C)(C)N1. The van der Waals surface area contributed by atoms with Gasteiger partial charge in [-0.2, -0.15) is 0 Å². The standard InChI is InChI=1S/C13H23ClFN5/c1-12(2)5-8(11(15)13(3,4)19-12)18-10-6-17-9(14)7-20(10)16/h6-8,10-11,18-19H,5,16H2,1-4H3/t8-,10?,11-/m0/s1. The minimum Gasteiger partial charge on any atom is -0.304 e. The van der Waals surface area contributed by atoms with Gasteiger partial charge in [-0.3, -0.25) is 10.3 Å². The number of alkyl halides is 1. The Hall–Kier alpha value is -0.690. The highest BCUT2D eigenvalue weighted by Crippen LogP contribution is 2.31. The lowest BCUT2D eigenvalue weighted by molar-refractivity contribution is 0.0356. The molecule has 2 aliphatic heterocycles. The molecule has 4 N–H and O–H groups in total. The first-order valence-corrected chi connectivity index (χ1v) is 7.12. The summed E-state index contributed by atoms with van der Waals surface area (Å²) in [6.07, 6.45) is 2.39. The van der Waals surface area contributed by atoms with Gasteiger partial charge in [-0.15, -0.1) is 0 Å². The quantitative estimate of drug-likeness (QED) is 0.534. The van der Waals surface area contributed by atoms with E-state index >= 15 is 0 Å². The Morgan fingerprint density at radius 3 is 2.75 bits per heavy atom. The van der Waals surface area contributed by atoms with Crippen LogP contribution in [0.2, 0.25) is 0 Å². The minimum atomic E-state index is -1.03. The number of nitrogens with one attached hydrogen (secondary N) is 2. The summed E-state index contributed by atoms with van der Waals surface area (Å²) in [7, 11) is 0. The summed E-state index contributed by atoms with van der Waals surface area (Å²) in [5.74, 6) is 5.85. The van der Waals surface area contributed by atoms with Crippen molar-refractivity contribution in [1.29, 1.82) is 0 Å². The molecular weight excluding hydrogens is 281 g/mol. The van der Waals surface area contributed by atoms with Crippen molar-refractivity contribution in [3.63, 3.8) is 0 Å². The molecular formula is C13H23ClFN5. The molecule has 0 aromatic carbocycles. The zero-order valence-corrected chi connectivity index (χ0v) is 13.1. The summed E-state index contributed by atoms with van der Waals surface area (Å²) in [5, 5.41) is 8.28. The van der Waals surface area contributed by atoms with Crippen molar-refractivity contribution in [3.05, 3.63) is 11.4 Å². The third-order valence-corrected chi connectivity index (χ3v) is 3.93. The molecule has 0 saturated carbocycles. The first kappa shape index (κ1) is 15.7. The monoisotopic (exact) mass is 303 g/mol. The first-order valence-electron chi connectivity index (χ1n) is 6.75. The van der Waals surface area contributed by atoms with Crippen LogP contribution in [-0.2, 0) is 0 Å². The molecule has 3 atom stereocenters. The van der Waals surface area contributed by atoms with Gasteiger partial charge >= 0.3 is 0 Å². The number of nitrogens with zero attached hydrogens (tertiary/aromatic N) is 2. The summed E-state index contributed by atoms with van der Waals surface area (Å²) in [5.41, 5.74) is -0.749. The maximum absolute atomic E-state index is 14.7. The molecule has 0 amide bonds. The van der Waals surface area contributed by atoms with Crippen LogP contribution >= 0.6 is 11.6 Å². The zero-order chi connectivity index (χ0) is 15.1. The second kappa shape index (κ2) is 5.26. The number of nitrogens with two attached hydrogens (primary N) is 1. The van der Waals surface area contributed by atoms with Crippen LogP contribution in [0, 0.1) is 0 Å². The maximum atomic E-state index is 14.7. The molecule has 0 radical (unpaired) electrons. The summed E-state index contributed by atoms with van der Waals surface area (Å²) in [4.78, 5) is 4.00. The second-order valence-corrected chi connectivity index (χ2v) is 7.12. The van der Waals surface area contributed by atoms with Crippen molar-refractivity contribution in [2.75, 3.05) is 0 Å². The lowest BCUT2D eigenvalue weighted by Crippen LogP contribution is -2.70. The number of aliphatic imine (C=N–C) groups is 1. The van der Waals surface area contributed by atoms with E-state index in [0.29, 0.717) is 11.6 Å². The normalized spacial score (nSPS) is 35.9. The fraction of sp³-hybridized carbons (Fsp3) is 0.769. The van der Waals surface area contributed by atoms with Gasteiger partial charge in [-0.25, -0.2) is 15.2 Å². The third kappa shape index (κ3) is 3.31. The number of hydrogen-bond acceptors (Lipinski definition) is 5. The molecule has 7 heteroatoms. The van der Waals surface area contributed by atoms with E-state index in [9.17, 15) is 4.39 Å². The number of hydrogen-bond donors (Lipinski definition) is 3. The fourth-order valence-corrected chi connectivity index (χ4v) is 3.26. The molecule has 2 heterocycles. The molecule has 0 aromatic heterocycles. The summed E-state index contributed by atoms with van der Waals surface area (Å²) in [6, 6.07) is -0.311. The topological polar surface area (TPSA) is 65.7 Å². The van der Waals surface area contributed by atoms with Gasteiger partial charge in [-0.1, -0.05) is 11.6 Å². The van der Waals surface area contributed by atoms with E-state index in [1.54, 1.807) is 6.21 Å².